The van der Waals surface area contributed by atoms with Crippen LogP contribution in [0.5, 0.6) is 0 Å². The lowest BCUT2D eigenvalue weighted by atomic mass is 10.4. The van der Waals surface area contributed by atoms with Gasteiger partial charge in [-0.25, -0.2) is 0 Å². The Morgan fingerprint density at radius 1 is 0.786 bits per heavy atom. The maximum Gasteiger partial charge on any atom is 0.0525 e. The molecule has 78 valence electrons. The van der Waals surface area contributed by atoms with Crippen LogP contribution in [-0.4, -0.2) is 34.9 Å². The average molecular weight is 230 g/mol. The Bertz CT molecular complexity index is 222. The van der Waals surface area contributed by atoms with Crippen LogP contribution >= 0.6 is 23.5 Å². The molecule has 4 heteroatoms. The first-order valence-electron chi connectivity index (χ1n) is 4.44. The molecule has 0 aromatic heterocycles. The zero-order valence-electron chi connectivity index (χ0n) is 7.85. The molecule has 0 aliphatic rings. The summed E-state index contributed by atoms with van der Waals surface area (Å²) in [6, 6.07) is 8.17. The van der Waals surface area contributed by atoms with Gasteiger partial charge in [0.15, 0.2) is 0 Å². The lowest BCUT2D eigenvalue weighted by Gasteiger charge is -2.02. The van der Waals surface area contributed by atoms with Gasteiger partial charge in [0.05, 0.1) is 13.2 Å². The minimum absolute atomic E-state index is 0.214. The van der Waals surface area contributed by atoms with Crippen LogP contribution in [-0.2, 0) is 0 Å². The quantitative estimate of drug-likeness (QED) is 0.732. The van der Waals surface area contributed by atoms with Gasteiger partial charge < -0.3 is 10.2 Å². The van der Waals surface area contributed by atoms with Crippen molar-refractivity contribution in [1.29, 1.82) is 0 Å². The van der Waals surface area contributed by atoms with E-state index in [4.69, 9.17) is 10.2 Å². The van der Waals surface area contributed by atoms with Gasteiger partial charge in [0.2, 0.25) is 0 Å². The average Bonchev–Trinajstić information content (AvgIpc) is 2.25. The van der Waals surface area contributed by atoms with Crippen LogP contribution in [0.1, 0.15) is 0 Å². The molecule has 0 fully saturated rings. The van der Waals surface area contributed by atoms with Crippen LogP contribution in [0.25, 0.3) is 0 Å². The van der Waals surface area contributed by atoms with Crippen LogP contribution in [0.15, 0.2) is 34.1 Å². The minimum atomic E-state index is 0.214. The summed E-state index contributed by atoms with van der Waals surface area (Å²) in [5.74, 6) is 1.48. The molecular weight excluding hydrogens is 216 g/mol. The van der Waals surface area contributed by atoms with Crippen LogP contribution in [0, 0.1) is 0 Å². The third-order valence-corrected chi connectivity index (χ3v) is 3.53. The molecule has 0 saturated heterocycles. The molecular formula is C10H14O2S2. The van der Waals surface area contributed by atoms with Gasteiger partial charge in [-0.3, -0.25) is 0 Å². The Hall–Kier alpha value is -0.160. The third kappa shape index (κ3) is 4.37. The van der Waals surface area contributed by atoms with Gasteiger partial charge in [0.1, 0.15) is 0 Å². The van der Waals surface area contributed by atoms with Gasteiger partial charge in [0, 0.05) is 21.3 Å². The summed E-state index contributed by atoms with van der Waals surface area (Å²) in [4.78, 5) is 2.35. The largest absolute Gasteiger partial charge is 0.396 e. The minimum Gasteiger partial charge on any atom is -0.396 e. The summed E-state index contributed by atoms with van der Waals surface area (Å²) >= 11 is 3.29. The Morgan fingerprint density at radius 2 is 1.14 bits per heavy atom. The topological polar surface area (TPSA) is 40.5 Å². The smallest absolute Gasteiger partial charge is 0.0525 e. The standard InChI is InChI=1S/C10H14O2S2/c11-5-7-13-9-1-2-10(4-3-9)14-8-6-12/h1-4,11-12H,5-8H2. The van der Waals surface area contributed by atoms with Crippen molar-refractivity contribution < 1.29 is 10.2 Å². The van der Waals surface area contributed by atoms with Gasteiger partial charge in [-0.15, -0.1) is 23.5 Å². The molecule has 0 unspecified atom stereocenters. The van der Waals surface area contributed by atoms with Crippen molar-refractivity contribution in [3.63, 3.8) is 0 Å². The highest BCUT2D eigenvalue weighted by molar-refractivity contribution is 7.99. The van der Waals surface area contributed by atoms with Gasteiger partial charge in [-0.1, -0.05) is 0 Å². The van der Waals surface area contributed by atoms with E-state index in [2.05, 4.69) is 0 Å². The summed E-state index contributed by atoms with van der Waals surface area (Å²) in [5.41, 5.74) is 0. The van der Waals surface area contributed by atoms with E-state index in [0.29, 0.717) is 0 Å². The number of hydrogen-bond donors (Lipinski definition) is 2. The van der Waals surface area contributed by atoms with E-state index in [1.807, 2.05) is 24.3 Å². The third-order valence-electron chi connectivity index (χ3n) is 1.54. The first-order chi connectivity index (χ1) is 6.86. The zero-order chi connectivity index (χ0) is 10.2. The number of aliphatic hydroxyl groups is 2. The van der Waals surface area contributed by atoms with Crippen LogP contribution in [0.2, 0.25) is 0 Å². The predicted molar refractivity (Wildman–Crippen MR) is 62.1 cm³/mol. The lowest BCUT2D eigenvalue weighted by Crippen LogP contribution is -1.86. The van der Waals surface area contributed by atoms with Crippen molar-refractivity contribution in [2.75, 3.05) is 24.7 Å². The monoisotopic (exact) mass is 230 g/mol. The molecule has 0 amide bonds. The van der Waals surface area contributed by atoms with E-state index in [1.165, 1.54) is 9.79 Å². The first kappa shape index (κ1) is 11.9. The van der Waals surface area contributed by atoms with Crippen molar-refractivity contribution in [2.45, 2.75) is 9.79 Å². The molecule has 0 radical (unpaired) electrons. The molecule has 0 aliphatic carbocycles. The van der Waals surface area contributed by atoms with Gasteiger partial charge in [0.25, 0.3) is 0 Å². The normalized spacial score (nSPS) is 10.4. The Morgan fingerprint density at radius 3 is 1.43 bits per heavy atom. The van der Waals surface area contributed by atoms with Crippen molar-refractivity contribution >= 4 is 23.5 Å². The van der Waals surface area contributed by atoms with Gasteiger partial charge >= 0.3 is 0 Å². The Labute approximate surface area is 92.7 Å². The van der Waals surface area contributed by atoms with Crippen molar-refractivity contribution in [3.05, 3.63) is 24.3 Å². The highest BCUT2D eigenvalue weighted by Gasteiger charge is 1.95. The molecule has 1 rings (SSSR count). The molecule has 0 atom stereocenters. The first-order valence-corrected chi connectivity index (χ1v) is 6.41. The van der Waals surface area contributed by atoms with E-state index in [1.54, 1.807) is 23.5 Å². The number of hydrogen-bond acceptors (Lipinski definition) is 4. The summed E-state index contributed by atoms with van der Waals surface area (Å²) < 4.78 is 0. The Kier molecular flexibility index (Phi) is 6.10. The number of rotatable bonds is 6. The van der Waals surface area contributed by atoms with Crippen LogP contribution in [0.3, 0.4) is 0 Å². The van der Waals surface area contributed by atoms with Gasteiger partial charge in [-0.05, 0) is 24.3 Å². The van der Waals surface area contributed by atoms with Crippen molar-refractivity contribution in [1.82, 2.24) is 0 Å². The lowest BCUT2D eigenvalue weighted by molar-refractivity contribution is 0.322. The summed E-state index contributed by atoms with van der Waals surface area (Å²) in [7, 11) is 0. The molecule has 2 N–H and O–H groups in total. The van der Waals surface area contributed by atoms with Crippen molar-refractivity contribution in [3.8, 4) is 0 Å². The molecule has 0 spiro atoms. The highest BCUT2D eigenvalue weighted by atomic mass is 32.2. The van der Waals surface area contributed by atoms with E-state index in [9.17, 15) is 0 Å². The SMILES string of the molecule is OCCSc1ccc(SCCO)cc1. The van der Waals surface area contributed by atoms with E-state index >= 15 is 0 Å². The van der Waals surface area contributed by atoms with E-state index < -0.39 is 0 Å². The molecule has 0 saturated carbocycles. The van der Waals surface area contributed by atoms with Crippen LogP contribution in [0.4, 0.5) is 0 Å². The fourth-order valence-corrected chi connectivity index (χ4v) is 2.27. The fourth-order valence-electron chi connectivity index (χ4n) is 0.959. The summed E-state index contributed by atoms with van der Waals surface area (Å²) in [6.07, 6.45) is 0. The number of benzene rings is 1. The van der Waals surface area contributed by atoms with Gasteiger partial charge in [-0.2, -0.15) is 0 Å². The maximum absolute atomic E-state index is 8.65. The molecule has 0 bridgehead atoms. The fraction of sp³-hybridized carbons (Fsp3) is 0.400. The molecule has 0 heterocycles. The predicted octanol–water partition coefficient (Wildman–Crippen LogP) is 1.86. The summed E-state index contributed by atoms with van der Waals surface area (Å²) in [6.45, 7) is 0.428. The highest BCUT2D eigenvalue weighted by Crippen LogP contribution is 2.22. The molecule has 1 aromatic carbocycles. The molecule has 14 heavy (non-hydrogen) atoms. The zero-order valence-corrected chi connectivity index (χ0v) is 9.48. The molecule has 1 aromatic rings. The second-order valence-corrected chi connectivity index (χ2v) is 4.95. The Balaban J connectivity index is 2.42. The maximum atomic E-state index is 8.65. The molecule has 0 aliphatic heterocycles. The van der Waals surface area contributed by atoms with E-state index in [-0.39, 0.29) is 13.2 Å². The van der Waals surface area contributed by atoms with Crippen LogP contribution < -0.4 is 0 Å². The second-order valence-electron chi connectivity index (χ2n) is 2.62. The van der Waals surface area contributed by atoms with Crippen molar-refractivity contribution in [2.24, 2.45) is 0 Å². The number of aliphatic hydroxyl groups excluding tert-OH is 2. The molecule has 2 nitrogen and oxygen atoms in total. The number of thioether (sulfide) groups is 2. The second kappa shape index (κ2) is 7.17. The summed E-state index contributed by atoms with van der Waals surface area (Å²) in [5, 5.41) is 17.3. The van der Waals surface area contributed by atoms with E-state index in [0.717, 1.165) is 11.5 Å².